The summed E-state index contributed by atoms with van der Waals surface area (Å²) in [5.41, 5.74) is 0.245. The largest absolute Gasteiger partial charge is 0.444 e. The van der Waals surface area contributed by atoms with Crippen molar-refractivity contribution in [2.45, 2.75) is 39.2 Å². The number of nitrogens with one attached hydrogen (secondary N) is 2. The fourth-order valence-corrected chi connectivity index (χ4v) is 4.12. The minimum atomic E-state index is -0.550. The van der Waals surface area contributed by atoms with Gasteiger partial charge in [-0.05, 0) is 45.4 Å². The van der Waals surface area contributed by atoms with Crippen LogP contribution in [-0.4, -0.2) is 86.9 Å². The Balaban J connectivity index is 1.28. The number of benzene rings is 1. The van der Waals surface area contributed by atoms with Crippen LogP contribution in [0.5, 0.6) is 0 Å². The highest BCUT2D eigenvalue weighted by Gasteiger charge is 2.32. The molecule has 0 aliphatic carbocycles. The molecule has 2 aliphatic rings. The Morgan fingerprint density at radius 2 is 1.84 bits per heavy atom. The van der Waals surface area contributed by atoms with Gasteiger partial charge in [-0.1, -0.05) is 23.2 Å². The van der Waals surface area contributed by atoms with E-state index in [2.05, 4.69) is 15.7 Å². The zero-order chi connectivity index (χ0) is 27.7. The van der Waals surface area contributed by atoms with E-state index in [1.165, 1.54) is 0 Å². The van der Waals surface area contributed by atoms with Gasteiger partial charge in [-0.2, -0.15) is 5.10 Å². The summed E-state index contributed by atoms with van der Waals surface area (Å²) in [7, 11) is 0. The molecule has 13 heteroatoms. The molecule has 38 heavy (non-hydrogen) atoms. The lowest BCUT2D eigenvalue weighted by Gasteiger charge is -2.19. The van der Waals surface area contributed by atoms with Crippen LogP contribution in [0.15, 0.2) is 23.3 Å². The van der Waals surface area contributed by atoms with Gasteiger partial charge >= 0.3 is 6.09 Å². The van der Waals surface area contributed by atoms with Gasteiger partial charge in [0.2, 0.25) is 11.8 Å². The summed E-state index contributed by atoms with van der Waals surface area (Å²) >= 11 is 12.1. The summed E-state index contributed by atoms with van der Waals surface area (Å²) in [4.78, 5) is 38.4. The molecule has 2 N–H and O–H groups in total. The van der Waals surface area contributed by atoms with Gasteiger partial charge in [-0.3, -0.25) is 14.6 Å². The highest BCUT2D eigenvalue weighted by molar-refractivity contribution is 6.42. The number of hydrogen-bond donors (Lipinski definition) is 2. The quantitative estimate of drug-likeness (QED) is 0.414. The first-order valence-corrected chi connectivity index (χ1v) is 13.3. The fourth-order valence-electron chi connectivity index (χ4n) is 3.83. The average Bonchev–Trinajstić information content (AvgIpc) is 3.51. The number of amides is 3. The fraction of sp³-hybridized carbons (Fsp3) is 0.600. The lowest BCUT2D eigenvalue weighted by Crippen LogP contribution is -2.38. The van der Waals surface area contributed by atoms with E-state index in [0.717, 1.165) is 5.69 Å². The van der Waals surface area contributed by atoms with Gasteiger partial charge < -0.3 is 29.7 Å². The molecule has 2 heterocycles. The molecule has 0 radical (unpaired) electrons. The Labute approximate surface area is 232 Å². The number of nitrogens with zero attached hydrogens (tertiary/aromatic N) is 3. The lowest BCUT2D eigenvalue weighted by molar-refractivity contribution is -0.135. The van der Waals surface area contributed by atoms with E-state index in [1.54, 1.807) is 42.8 Å². The number of rotatable bonds is 10. The first kappa shape index (κ1) is 29.9. The standard InChI is InChI=1S/C25H35Cl2N5O6/c1-25(2,3)38-24(35)28-8-11-36-12-13-37-16-22(33)31-9-6-17(15-31)23(34)29-21-7-10-32(30-21)18-4-5-19(26)20(27)14-18/h4-5,14,17H,6-13,15-16H2,1-3H3,(H,28,35)(H,29,30,34)/t17-/m1/s1. The zero-order valence-electron chi connectivity index (χ0n) is 21.9. The zero-order valence-corrected chi connectivity index (χ0v) is 23.4. The van der Waals surface area contributed by atoms with Gasteiger partial charge in [-0.15, -0.1) is 0 Å². The molecule has 210 valence electrons. The maximum Gasteiger partial charge on any atom is 0.407 e. The van der Waals surface area contributed by atoms with Gasteiger partial charge in [0.05, 0.1) is 41.5 Å². The van der Waals surface area contributed by atoms with E-state index >= 15 is 0 Å². The minimum absolute atomic E-state index is 0.0841. The van der Waals surface area contributed by atoms with Gasteiger partial charge in [0.25, 0.3) is 0 Å². The summed E-state index contributed by atoms with van der Waals surface area (Å²) in [6, 6.07) is 5.26. The molecule has 3 rings (SSSR count). The Hall–Kier alpha value is -2.60. The van der Waals surface area contributed by atoms with E-state index in [1.807, 2.05) is 6.07 Å². The molecule has 1 aromatic carbocycles. The number of alkyl carbamates (subject to hydrolysis) is 1. The Kier molecular flexibility index (Phi) is 11.0. The normalized spacial score (nSPS) is 17.4. The van der Waals surface area contributed by atoms with Crippen LogP contribution in [0, 0.1) is 5.92 Å². The van der Waals surface area contributed by atoms with Crippen molar-refractivity contribution in [2.75, 3.05) is 57.6 Å². The van der Waals surface area contributed by atoms with Crippen molar-refractivity contribution >= 4 is 52.6 Å². The molecule has 1 fully saturated rings. The van der Waals surface area contributed by atoms with Crippen molar-refractivity contribution in [3.63, 3.8) is 0 Å². The van der Waals surface area contributed by atoms with Crippen LogP contribution in [0.1, 0.15) is 33.6 Å². The summed E-state index contributed by atoms with van der Waals surface area (Å²) in [5, 5.41) is 12.6. The number of hydrazone groups is 1. The molecule has 1 atom stereocenters. The van der Waals surface area contributed by atoms with Crippen molar-refractivity contribution in [3.05, 3.63) is 28.2 Å². The van der Waals surface area contributed by atoms with Gasteiger partial charge in [-0.25, -0.2) is 4.79 Å². The summed E-state index contributed by atoms with van der Waals surface area (Å²) in [5.74, 6) is -0.0443. The van der Waals surface area contributed by atoms with Crippen LogP contribution < -0.4 is 15.6 Å². The maximum absolute atomic E-state index is 12.7. The number of anilines is 1. The highest BCUT2D eigenvalue weighted by Crippen LogP contribution is 2.28. The first-order valence-electron chi connectivity index (χ1n) is 12.5. The predicted octanol–water partition coefficient (Wildman–Crippen LogP) is 3.04. The highest BCUT2D eigenvalue weighted by atomic mass is 35.5. The van der Waals surface area contributed by atoms with Crippen LogP contribution in [0.4, 0.5) is 10.5 Å². The third kappa shape index (κ3) is 9.61. The van der Waals surface area contributed by atoms with Crippen molar-refractivity contribution in [2.24, 2.45) is 11.0 Å². The Morgan fingerprint density at radius 1 is 1.08 bits per heavy atom. The molecular formula is C25H35Cl2N5O6. The number of carbonyl (C=O) groups is 3. The van der Waals surface area contributed by atoms with E-state index in [9.17, 15) is 14.4 Å². The van der Waals surface area contributed by atoms with E-state index in [-0.39, 0.29) is 37.6 Å². The second kappa shape index (κ2) is 14.0. The number of hydrogen-bond acceptors (Lipinski definition) is 8. The molecule has 0 bridgehead atoms. The number of amidine groups is 1. The van der Waals surface area contributed by atoms with Crippen molar-refractivity contribution < 1.29 is 28.6 Å². The average molecular weight is 572 g/mol. The van der Waals surface area contributed by atoms with Gasteiger partial charge in [0.1, 0.15) is 18.0 Å². The van der Waals surface area contributed by atoms with Crippen molar-refractivity contribution in [3.8, 4) is 0 Å². The van der Waals surface area contributed by atoms with E-state index in [0.29, 0.717) is 61.5 Å². The number of halogens is 2. The molecule has 0 saturated carbocycles. The summed E-state index contributed by atoms with van der Waals surface area (Å²) < 4.78 is 15.9. The second-order valence-corrected chi connectivity index (χ2v) is 10.7. The number of likely N-dealkylation sites (tertiary alicyclic amines) is 1. The molecule has 2 aliphatic heterocycles. The summed E-state index contributed by atoms with van der Waals surface area (Å²) in [6.45, 7) is 7.88. The molecule has 0 aromatic heterocycles. The first-order chi connectivity index (χ1) is 18.0. The van der Waals surface area contributed by atoms with Crippen LogP contribution in [0.25, 0.3) is 0 Å². The SMILES string of the molecule is CC(C)(C)OC(=O)NCCOCCOCC(=O)N1CC[C@@H](C(=O)NC2=NN(c3ccc(Cl)c(Cl)c3)CC2)C1. The number of carbonyl (C=O) groups excluding carboxylic acids is 3. The molecule has 0 unspecified atom stereocenters. The second-order valence-electron chi connectivity index (χ2n) is 9.93. The van der Waals surface area contributed by atoms with Crippen LogP contribution >= 0.6 is 23.2 Å². The third-order valence-corrected chi connectivity index (χ3v) is 6.43. The third-order valence-electron chi connectivity index (χ3n) is 5.69. The van der Waals surface area contributed by atoms with E-state index < -0.39 is 11.7 Å². The van der Waals surface area contributed by atoms with E-state index in [4.69, 9.17) is 37.4 Å². The summed E-state index contributed by atoms with van der Waals surface area (Å²) in [6.07, 6.45) is 0.672. The predicted molar refractivity (Wildman–Crippen MR) is 145 cm³/mol. The minimum Gasteiger partial charge on any atom is -0.444 e. The molecule has 1 saturated heterocycles. The van der Waals surface area contributed by atoms with Crippen molar-refractivity contribution in [1.82, 2.24) is 15.5 Å². The smallest absolute Gasteiger partial charge is 0.407 e. The van der Waals surface area contributed by atoms with Crippen LogP contribution in [0.2, 0.25) is 10.0 Å². The van der Waals surface area contributed by atoms with Crippen LogP contribution in [-0.2, 0) is 23.8 Å². The lowest BCUT2D eigenvalue weighted by atomic mass is 10.1. The monoisotopic (exact) mass is 571 g/mol. The number of ether oxygens (including phenoxy) is 3. The topological polar surface area (TPSA) is 122 Å². The molecular weight excluding hydrogens is 537 g/mol. The van der Waals surface area contributed by atoms with Crippen LogP contribution in [0.3, 0.4) is 0 Å². The Morgan fingerprint density at radius 3 is 2.58 bits per heavy atom. The van der Waals surface area contributed by atoms with Crippen molar-refractivity contribution in [1.29, 1.82) is 0 Å². The molecule has 3 amide bonds. The molecule has 1 aromatic rings. The molecule has 11 nitrogen and oxygen atoms in total. The molecule has 0 spiro atoms. The van der Waals surface area contributed by atoms with Gasteiger partial charge in [0, 0.05) is 32.6 Å². The van der Waals surface area contributed by atoms with Gasteiger partial charge in [0.15, 0.2) is 0 Å². The maximum atomic E-state index is 12.7. The Bertz CT molecular complexity index is 1030.